The van der Waals surface area contributed by atoms with Gasteiger partial charge in [0.1, 0.15) is 6.79 Å². The summed E-state index contributed by atoms with van der Waals surface area (Å²) < 4.78 is 15.7. The predicted molar refractivity (Wildman–Crippen MR) is 59.9 cm³/mol. The Morgan fingerprint density at radius 1 is 1.44 bits per heavy atom. The van der Waals surface area contributed by atoms with Crippen LogP contribution in [0.5, 0.6) is 0 Å². The standard InChI is InChI=1S/C12H20O4/c1-4-12(7-14-9-15-8-12)5-6-16-11(13)10(2)3/h2,4-9H2,1,3H3. The summed E-state index contributed by atoms with van der Waals surface area (Å²) in [4.78, 5) is 11.2. The van der Waals surface area contributed by atoms with E-state index in [4.69, 9.17) is 14.2 Å². The van der Waals surface area contributed by atoms with E-state index in [1.807, 2.05) is 0 Å². The second kappa shape index (κ2) is 6.01. The van der Waals surface area contributed by atoms with Crippen LogP contribution in [0.2, 0.25) is 0 Å². The Labute approximate surface area is 96.6 Å². The third-order valence-electron chi connectivity index (χ3n) is 2.95. The molecule has 0 N–H and O–H groups in total. The van der Waals surface area contributed by atoms with E-state index in [9.17, 15) is 4.79 Å². The molecule has 0 spiro atoms. The van der Waals surface area contributed by atoms with Gasteiger partial charge in [-0.05, 0) is 19.8 Å². The zero-order valence-electron chi connectivity index (χ0n) is 10.1. The topological polar surface area (TPSA) is 44.8 Å². The lowest BCUT2D eigenvalue weighted by molar-refractivity contribution is -0.173. The fourth-order valence-corrected chi connectivity index (χ4v) is 1.63. The number of rotatable bonds is 5. The van der Waals surface area contributed by atoms with E-state index in [-0.39, 0.29) is 11.4 Å². The van der Waals surface area contributed by atoms with Crippen LogP contribution in [0, 0.1) is 5.41 Å². The fourth-order valence-electron chi connectivity index (χ4n) is 1.63. The summed E-state index contributed by atoms with van der Waals surface area (Å²) in [6, 6.07) is 0. The molecule has 4 nitrogen and oxygen atoms in total. The van der Waals surface area contributed by atoms with Crippen LogP contribution < -0.4 is 0 Å². The van der Waals surface area contributed by atoms with E-state index in [0.29, 0.717) is 32.2 Å². The van der Waals surface area contributed by atoms with Crippen molar-refractivity contribution in [2.75, 3.05) is 26.6 Å². The maximum absolute atomic E-state index is 11.2. The molecule has 1 aliphatic rings. The molecule has 92 valence electrons. The normalized spacial score (nSPS) is 19.1. The van der Waals surface area contributed by atoms with Crippen LogP contribution in [0.25, 0.3) is 0 Å². The van der Waals surface area contributed by atoms with Gasteiger partial charge >= 0.3 is 5.97 Å². The maximum atomic E-state index is 11.2. The quantitative estimate of drug-likeness (QED) is 0.532. The lowest BCUT2D eigenvalue weighted by Gasteiger charge is -2.35. The van der Waals surface area contributed by atoms with E-state index in [0.717, 1.165) is 12.8 Å². The molecular weight excluding hydrogens is 208 g/mol. The Bertz CT molecular complexity index is 254. The zero-order valence-corrected chi connectivity index (χ0v) is 10.1. The Kier molecular flexibility index (Phi) is 4.96. The second-order valence-electron chi connectivity index (χ2n) is 4.33. The Balaban J connectivity index is 2.33. The maximum Gasteiger partial charge on any atom is 0.333 e. The Morgan fingerprint density at radius 2 is 2.06 bits per heavy atom. The second-order valence-corrected chi connectivity index (χ2v) is 4.33. The number of ether oxygens (including phenoxy) is 3. The van der Waals surface area contributed by atoms with Crippen LogP contribution in [0.15, 0.2) is 12.2 Å². The predicted octanol–water partition coefficient (Wildman–Crippen LogP) is 1.90. The van der Waals surface area contributed by atoms with E-state index >= 15 is 0 Å². The average Bonchev–Trinajstić information content (AvgIpc) is 2.30. The first-order valence-corrected chi connectivity index (χ1v) is 5.58. The highest BCUT2D eigenvalue weighted by Gasteiger charge is 2.32. The summed E-state index contributed by atoms with van der Waals surface area (Å²) in [5, 5.41) is 0. The summed E-state index contributed by atoms with van der Waals surface area (Å²) in [5.41, 5.74) is 0.426. The van der Waals surface area contributed by atoms with E-state index in [2.05, 4.69) is 13.5 Å². The van der Waals surface area contributed by atoms with Crippen molar-refractivity contribution >= 4 is 5.97 Å². The van der Waals surface area contributed by atoms with Crippen LogP contribution in [-0.2, 0) is 19.0 Å². The van der Waals surface area contributed by atoms with Crippen LogP contribution in [0.4, 0.5) is 0 Å². The van der Waals surface area contributed by atoms with Gasteiger partial charge in [-0.1, -0.05) is 13.5 Å². The third kappa shape index (κ3) is 3.61. The molecule has 1 heterocycles. The molecule has 0 aromatic rings. The van der Waals surface area contributed by atoms with Crippen molar-refractivity contribution in [1.29, 1.82) is 0 Å². The zero-order chi connectivity index (χ0) is 12.0. The molecule has 1 aliphatic heterocycles. The van der Waals surface area contributed by atoms with Gasteiger partial charge in [0.05, 0.1) is 19.8 Å². The molecule has 16 heavy (non-hydrogen) atoms. The molecule has 0 aliphatic carbocycles. The van der Waals surface area contributed by atoms with E-state index in [1.54, 1.807) is 6.92 Å². The highest BCUT2D eigenvalue weighted by Crippen LogP contribution is 2.30. The van der Waals surface area contributed by atoms with Gasteiger partial charge in [0.2, 0.25) is 0 Å². The van der Waals surface area contributed by atoms with Crippen LogP contribution in [-0.4, -0.2) is 32.6 Å². The van der Waals surface area contributed by atoms with Gasteiger partial charge in [-0.2, -0.15) is 0 Å². The van der Waals surface area contributed by atoms with Crippen molar-refractivity contribution in [2.24, 2.45) is 5.41 Å². The minimum absolute atomic E-state index is 0.00634. The SMILES string of the molecule is C=C(C)C(=O)OCCC1(CC)COCOC1. The Morgan fingerprint density at radius 3 is 2.56 bits per heavy atom. The molecule has 0 bridgehead atoms. The first-order chi connectivity index (χ1) is 7.59. The molecular formula is C12H20O4. The van der Waals surface area contributed by atoms with Crippen molar-refractivity contribution < 1.29 is 19.0 Å². The van der Waals surface area contributed by atoms with Crippen molar-refractivity contribution in [3.63, 3.8) is 0 Å². The molecule has 1 fully saturated rings. The molecule has 1 saturated heterocycles. The largest absolute Gasteiger partial charge is 0.462 e. The monoisotopic (exact) mass is 228 g/mol. The number of hydrogen-bond donors (Lipinski definition) is 0. The van der Waals surface area contributed by atoms with Crippen molar-refractivity contribution in [1.82, 2.24) is 0 Å². The van der Waals surface area contributed by atoms with Gasteiger partial charge in [0, 0.05) is 11.0 Å². The molecule has 0 atom stereocenters. The van der Waals surface area contributed by atoms with Crippen molar-refractivity contribution in [3.05, 3.63) is 12.2 Å². The van der Waals surface area contributed by atoms with Gasteiger partial charge in [-0.3, -0.25) is 0 Å². The van der Waals surface area contributed by atoms with E-state index in [1.165, 1.54) is 0 Å². The Hall–Kier alpha value is -0.870. The lowest BCUT2D eigenvalue weighted by Crippen LogP contribution is -2.38. The van der Waals surface area contributed by atoms with Gasteiger partial charge in [-0.15, -0.1) is 0 Å². The molecule has 4 heteroatoms. The highest BCUT2D eigenvalue weighted by molar-refractivity contribution is 5.86. The highest BCUT2D eigenvalue weighted by atomic mass is 16.7. The molecule has 0 radical (unpaired) electrons. The summed E-state index contributed by atoms with van der Waals surface area (Å²) in [5.74, 6) is -0.330. The summed E-state index contributed by atoms with van der Waals surface area (Å²) in [7, 11) is 0. The third-order valence-corrected chi connectivity index (χ3v) is 2.95. The number of hydrogen-bond acceptors (Lipinski definition) is 4. The number of carbonyl (C=O) groups is 1. The first kappa shape index (κ1) is 13.2. The molecule has 0 saturated carbocycles. The molecule has 0 aromatic heterocycles. The molecule has 0 unspecified atom stereocenters. The minimum Gasteiger partial charge on any atom is -0.462 e. The van der Waals surface area contributed by atoms with Crippen molar-refractivity contribution in [3.8, 4) is 0 Å². The van der Waals surface area contributed by atoms with Gasteiger partial charge < -0.3 is 14.2 Å². The van der Waals surface area contributed by atoms with Crippen LogP contribution in [0.3, 0.4) is 0 Å². The minimum atomic E-state index is -0.330. The first-order valence-electron chi connectivity index (χ1n) is 5.58. The molecule has 0 aromatic carbocycles. The molecule has 1 rings (SSSR count). The molecule has 0 amide bonds. The lowest BCUT2D eigenvalue weighted by atomic mass is 9.83. The average molecular weight is 228 g/mol. The van der Waals surface area contributed by atoms with E-state index < -0.39 is 0 Å². The van der Waals surface area contributed by atoms with Crippen LogP contribution in [0.1, 0.15) is 26.7 Å². The summed E-state index contributed by atoms with van der Waals surface area (Å²) in [6.45, 7) is 9.39. The fraction of sp³-hybridized carbons (Fsp3) is 0.750. The number of carbonyl (C=O) groups excluding carboxylic acids is 1. The summed E-state index contributed by atoms with van der Waals surface area (Å²) in [6.07, 6.45) is 1.72. The smallest absolute Gasteiger partial charge is 0.333 e. The van der Waals surface area contributed by atoms with Gasteiger partial charge in [0.15, 0.2) is 0 Å². The van der Waals surface area contributed by atoms with Gasteiger partial charge in [-0.25, -0.2) is 4.79 Å². The number of esters is 1. The summed E-state index contributed by atoms with van der Waals surface area (Å²) >= 11 is 0. The van der Waals surface area contributed by atoms with Gasteiger partial charge in [0.25, 0.3) is 0 Å². The van der Waals surface area contributed by atoms with Crippen molar-refractivity contribution in [2.45, 2.75) is 26.7 Å². The van der Waals surface area contributed by atoms with Crippen LogP contribution >= 0.6 is 0 Å².